The molecule has 0 atom stereocenters. The maximum atomic E-state index is 12.2. The van der Waals surface area contributed by atoms with Crippen LogP contribution in [0, 0.1) is 5.41 Å². The number of nitrogens with zero attached hydrogens (tertiary/aromatic N) is 1. The van der Waals surface area contributed by atoms with Gasteiger partial charge in [0.25, 0.3) is 0 Å². The van der Waals surface area contributed by atoms with Crippen LogP contribution in [0.5, 0.6) is 5.75 Å². The molecule has 4 nitrogen and oxygen atoms in total. The van der Waals surface area contributed by atoms with Crippen LogP contribution >= 0.6 is 0 Å². The molecule has 0 radical (unpaired) electrons. The van der Waals surface area contributed by atoms with Crippen LogP contribution in [0.25, 0.3) is 0 Å². The second-order valence-electron chi connectivity index (χ2n) is 5.74. The maximum absolute atomic E-state index is 12.2. The number of amides is 1. The van der Waals surface area contributed by atoms with Crippen molar-refractivity contribution in [3.05, 3.63) is 29.8 Å². The average Bonchev–Trinajstić information content (AvgIpc) is 2.47. The van der Waals surface area contributed by atoms with E-state index in [0.29, 0.717) is 19.5 Å². The topological polar surface area (TPSA) is 60.8 Å². The Balaban J connectivity index is 1.92. The fraction of sp³-hybridized carbons (Fsp3) is 0.562. The zero-order valence-corrected chi connectivity index (χ0v) is 12.0. The zero-order valence-electron chi connectivity index (χ0n) is 12.0. The van der Waals surface area contributed by atoms with Crippen LogP contribution in [0.4, 0.5) is 0 Å². The van der Waals surface area contributed by atoms with E-state index in [-0.39, 0.29) is 23.7 Å². The summed E-state index contributed by atoms with van der Waals surface area (Å²) in [6, 6.07) is 6.84. The Labute approximate surface area is 120 Å². The van der Waals surface area contributed by atoms with Gasteiger partial charge in [-0.3, -0.25) is 4.79 Å². The summed E-state index contributed by atoms with van der Waals surface area (Å²) >= 11 is 0. The molecule has 4 heteroatoms. The number of carbonyl (C=O) groups excluding carboxylic acids is 1. The first-order chi connectivity index (χ1) is 9.58. The molecule has 0 spiro atoms. The van der Waals surface area contributed by atoms with Gasteiger partial charge in [0.15, 0.2) is 0 Å². The van der Waals surface area contributed by atoms with Crippen molar-refractivity contribution in [2.75, 3.05) is 19.7 Å². The third-order valence-corrected chi connectivity index (χ3v) is 4.53. The number of hydrogen-bond acceptors (Lipinski definition) is 3. The first-order valence-corrected chi connectivity index (χ1v) is 7.25. The quantitative estimate of drug-likeness (QED) is 0.884. The predicted molar refractivity (Wildman–Crippen MR) is 77.4 cm³/mol. The van der Waals surface area contributed by atoms with Crippen molar-refractivity contribution >= 4 is 5.91 Å². The molecule has 0 aliphatic carbocycles. The lowest BCUT2D eigenvalue weighted by atomic mass is 9.77. The van der Waals surface area contributed by atoms with Crippen LogP contribution in [0.2, 0.25) is 0 Å². The molecule has 0 saturated carbocycles. The molecule has 0 unspecified atom stereocenters. The number of piperidine rings is 1. The van der Waals surface area contributed by atoms with Gasteiger partial charge in [0.1, 0.15) is 5.75 Å². The first kappa shape index (κ1) is 14.9. The monoisotopic (exact) mass is 277 g/mol. The van der Waals surface area contributed by atoms with E-state index in [9.17, 15) is 15.0 Å². The van der Waals surface area contributed by atoms with Gasteiger partial charge in [-0.15, -0.1) is 0 Å². The molecule has 0 aromatic heterocycles. The van der Waals surface area contributed by atoms with Crippen molar-refractivity contribution in [2.45, 2.75) is 32.6 Å². The average molecular weight is 277 g/mol. The van der Waals surface area contributed by atoms with E-state index in [0.717, 1.165) is 24.8 Å². The molecule has 0 bridgehead atoms. The number of phenolic OH excluding ortho intramolecular Hbond substituents is 1. The van der Waals surface area contributed by atoms with Crippen LogP contribution in [0.15, 0.2) is 24.3 Å². The summed E-state index contributed by atoms with van der Waals surface area (Å²) in [7, 11) is 0. The van der Waals surface area contributed by atoms with Gasteiger partial charge in [-0.25, -0.2) is 0 Å². The van der Waals surface area contributed by atoms with Crippen molar-refractivity contribution in [3.63, 3.8) is 0 Å². The molecular formula is C16H23NO3. The van der Waals surface area contributed by atoms with Gasteiger partial charge in [0.05, 0.1) is 6.42 Å². The minimum atomic E-state index is 0.00178. The summed E-state index contributed by atoms with van der Waals surface area (Å²) in [6.45, 7) is 3.73. The van der Waals surface area contributed by atoms with Crippen LogP contribution < -0.4 is 0 Å². The lowest BCUT2D eigenvalue weighted by Gasteiger charge is -2.40. The Kier molecular flexibility index (Phi) is 4.65. The van der Waals surface area contributed by atoms with E-state index < -0.39 is 0 Å². The molecule has 110 valence electrons. The van der Waals surface area contributed by atoms with Gasteiger partial charge in [-0.05, 0) is 42.4 Å². The second kappa shape index (κ2) is 6.27. The normalized spacial score (nSPS) is 18.0. The van der Waals surface area contributed by atoms with E-state index in [1.165, 1.54) is 0 Å². The molecule has 1 fully saturated rings. The number of rotatable bonds is 4. The molecule has 1 aromatic carbocycles. The molecule has 1 aromatic rings. The highest BCUT2D eigenvalue weighted by molar-refractivity contribution is 5.79. The predicted octanol–water partition coefficient (Wildman–Crippen LogP) is 1.95. The molecule has 1 saturated heterocycles. The molecule has 1 amide bonds. The van der Waals surface area contributed by atoms with Crippen molar-refractivity contribution in [3.8, 4) is 5.75 Å². The summed E-state index contributed by atoms with van der Waals surface area (Å²) in [5, 5.41) is 18.9. The molecule has 1 heterocycles. The van der Waals surface area contributed by atoms with Crippen molar-refractivity contribution in [2.24, 2.45) is 5.41 Å². The van der Waals surface area contributed by atoms with Crippen molar-refractivity contribution < 1.29 is 15.0 Å². The number of aliphatic hydroxyl groups is 1. The highest BCUT2D eigenvalue weighted by atomic mass is 16.3. The lowest BCUT2D eigenvalue weighted by molar-refractivity contribution is -0.133. The first-order valence-electron chi connectivity index (χ1n) is 7.25. The van der Waals surface area contributed by atoms with Crippen molar-refractivity contribution in [1.29, 1.82) is 0 Å². The maximum Gasteiger partial charge on any atom is 0.226 e. The fourth-order valence-electron chi connectivity index (χ4n) is 2.81. The SMILES string of the molecule is CCC1(CO)CCN(C(=O)Cc2cccc(O)c2)CC1. The van der Waals surface area contributed by atoms with Gasteiger partial charge in [-0.1, -0.05) is 19.1 Å². The molecule has 2 rings (SSSR count). The lowest BCUT2D eigenvalue weighted by Crippen LogP contribution is -2.44. The van der Waals surface area contributed by atoms with Crippen LogP contribution in [0.3, 0.4) is 0 Å². The van der Waals surface area contributed by atoms with E-state index >= 15 is 0 Å². The number of likely N-dealkylation sites (tertiary alicyclic amines) is 1. The third-order valence-electron chi connectivity index (χ3n) is 4.53. The number of carbonyl (C=O) groups is 1. The Morgan fingerprint density at radius 2 is 2.05 bits per heavy atom. The third kappa shape index (κ3) is 3.31. The van der Waals surface area contributed by atoms with E-state index in [1.54, 1.807) is 18.2 Å². The molecule has 1 aliphatic rings. The summed E-state index contributed by atoms with van der Waals surface area (Å²) < 4.78 is 0. The van der Waals surface area contributed by atoms with Gasteiger partial charge >= 0.3 is 0 Å². The molecular weight excluding hydrogens is 254 g/mol. The van der Waals surface area contributed by atoms with Gasteiger partial charge in [-0.2, -0.15) is 0 Å². The van der Waals surface area contributed by atoms with Crippen LogP contribution in [-0.4, -0.2) is 40.7 Å². The Bertz CT molecular complexity index is 459. The highest BCUT2D eigenvalue weighted by Crippen LogP contribution is 2.34. The van der Waals surface area contributed by atoms with Crippen molar-refractivity contribution in [1.82, 2.24) is 4.90 Å². The smallest absolute Gasteiger partial charge is 0.226 e. The summed E-state index contributed by atoms with van der Waals surface area (Å²) in [5.74, 6) is 0.289. The van der Waals surface area contributed by atoms with E-state index in [2.05, 4.69) is 6.92 Å². The minimum absolute atomic E-state index is 0.00178. The minimum Gasteiger partial charge on any atom is -0.508 e. The van der Waals surface area contributed by atoms with Gasteiger partial charge in [0, 0.05) is 19.7 Å². The Hall–Kier alpha value is -1.55. The fourth-order valence-corrected chi connectivity index (χ4v) is 2.81. The number of hydrogen-bond donors (Lipinski definition) is 2. The summed E-state index contributed by atoms with van der Waals surface area (Å²) in [4.78, 5) is 14.1. The number of aromatic hydroxyl groups is 1. The Morgan fingerprint density at radius 3 is 2.60 bits per heavy atom. The number of phenols is 1. The van der Waals surface area contributed by atoms with Gasteiger partial charge < -0.3 is 15.1 Å². The molecule has 2 N–H and O–H groups in total. The van der Waals surface area contributed by atoms with E-state index in [1.807, 2.05) is 11.0 Å². The number of aliphatic hydroxyl groups excluding tert-OH is 1. The standard InChI is InChI=1S/C16H23NO3/c1-2-16(12-18)6-8-17(9-7-16)15(20)11-13-4-3-5-14(19)10-13/h3-5,10,18-19H,2,6-9,11-12H2,1H3. The summed E-state index contributed by atoms with van der Waals surface area (Å²) in [6.07, 6.45) is 3.02. The number of benzene rings is 1. The highest BCUT2D eigenvalue weighted by Gasteiger charge is 2.33. The Morgan fingerprint density at radius 1 is 1.35 bits per heavy atom. The van der Waals surface area contributed by atoms with Crippen LogP contribution in [-0.2, 0) is 11.2 Å². The van der Waals surface area contributed by atoms with Crippen LogP contribution in [0.1, 0.15) is 31.7 Å². The van der Waals surface area contributed by atoms with E-state index in [4.69, 9.17) is 0 Å². The second-order valence-corrected chi connectivity index (χ2v) is 5.74. The zero-order chi connectivity index (χ0) is 14.6. The molecule has 1 aliphatic heterocycles. The van der Waals surface area contributed by atoms with Gasteiger partial charge in [0.2, 0.25) is 5.91 Å². The molecule has 20 heavy (non-hydrogen) atoms. The largest absolute Gasteiger partial charge is 0.508 e. The summed E-state index contributed by atoms with van der Waals surface area (Å²) in [5.41, 5.74) is 0.839.